The quantitative estimate of drug-likeness (QED) is 0.880. The first-order chi connectivity index (χ1) is 8.02. The van der Waals surface area contributed by atoms with Gasteiger partial charge in [-0.1, -0.05) is 0 Å². The Morgan fingerprint density at radius 1 is 1.29 bits per heavy atom. The molecule has 0 saturated heterocycles. The fourth-order valence-corrected chi connectivity index (χ4v) is 1.88. The van der Waals surface area contributed by atoms with Crippen LogP contribution in [0.4, 0.5) is 4.39 Å². The standard InChI is InChI=1S/C13H17FO3/c1-13(2,14)10-7-9(3-4-15)12-11(8-10)16-5-6-17-12/h7-8,15H,3-6H2,1-2H3. The summed E-state index contributed by atoms with van der Waals surface area (Å²) in [5.41, 5.74) is -0.0873. The molecule has 1 aromatic carbocycles. The highest BCUT2D eigenvalue weighted by molar-refractivity contribution is 5.51. The number of rotatable bonds is 3. The van der Waals surface area contributed by atoms with Crippen LogP contribution in [-0.2, 0) is 12.1 Å². The zero-order chi connectivity index (χ0) is 12.5. The van der Waals surface area contributed by atoms with E-state index in [1.54, 1.807) is 12.1 Å². The first-order valence-electron chi connectivity index (χ1n) is 5.75. The van der Waals surface area contributed by atoms with Gasteiger partial charge in [0.05, 0.1) is 0 Å². The maximum absolute atomic E-state index is 14.0. The second kappa shape index (κ2) is 4.53. The van der Waals surface area contributed by atoms with Crippen molar-refractivity contribution in [2.24, 2.45) is 0 Å². The van der Waals surface area contributed by atoms with Crippen molar-refractivity contribution in [3.63, 3.8) is 0 Å². The van der Waals surface area contributed by atoms with Gasteiger partial charge in [-0.2, -0.15) is 0 Å². The summed E-state index contributed by atoms with van der Waals surface area (Å²) in [6.45, 7) is 3.97. The van der Waals surface area contributed by atoms with Crippen LogP contribution in [0, 0.1) is 0 Å². The maximum atomic E-state index is 14.0. The number of benzene rings is 1. The van der Waals surface area contributed by atoms with Crippen molar-refractivity contribution in [2.75, 3.05) is 19.8 Å². The lowest BCUT2D eigenvalue weighted by Gasteiger charge is -2.24. The Labute approximate surface area is 100 Å². The number of halogens is 1. The van der Waals surface area contributed by atoms with E-state index < -0.39 is 5.67 Å². The van der Waals surface area contributed by atoms with Gasteiger partial charge in [-0.25, -0.2) is 4.39 Å². The molecule has 1 aliphatic rings. The van der Waals surface area contributed by atoms with Crippen LogP contribution in [0.25, 0.3) is 0 Å². The molecule has 1 N–H and O–H groups in total. The van der Waals surface area contributed by atoms with Crippen molar-refractivity contribution in [3.05, 3.63) is 23.3 Å². The first kappa shape index (κ1) is 12.2. The van der Waals surface area contributed by atoms with Gasteiger partial charge in [-0.05, 0) is 38.0 Å². The van der Waals surface area contributed by atoms with Gasteiger partial charge in [-0.3, -0.25) is 0 Å². The molecule has 3 nitrogen and oxygen atoms in total. The van der Waals surface area contributed by atoms with Gasteiger partial charge in [0.2, 0.25) is 0 Å². The van der Waals surface area contributed by atoms with Crippen molar-refractivity contribution >= 4 is 0 Å². The summed E-state index contributed by atoms with van der Waals surface area (Å²) in [6, 6.07) is 3.42. The normalized spacial score (nSPS) is 14.8. The van der Waals surface area contributed by atoms with E-state index in [1.165, 1.54) is 13.8 Å². The Balaban J connectivity index is 2.48. The number of hydrogen-bond donors (Lipinski definition) is 1. The van der Waals surface area contributed by atoms with Gasteiger partial charge in [0.1, 0.15) is 18.9 Å². The van der Waals surface area contributed by atoms with Crippen LogP contribution in [0.1, 0.15) is 25.0 Å². The Bertz CT molecular complexity index is 410. The Kier molecular flexibility index (Phi) is 3.24. The van der Waals surface area contributed by atoms with Crippen LogP contribution in [0.3, 0.4) is 0 Å². The van der Waals surface area contributed by atoms with E-state index in [4.69, 9.17) is 14.6 Å². The van der Waals surface area contributed by atoms with Crippen LogP contribution >= 0.6 is 0 Å². The number of ether oxygens (including phenoxy) is 2. The summed E-state index contributed by atoms with van der Waals surface area (Å²) in [6.07, 6.45) is 0.440. The third-order valence-electron chi connectivity index (χ3n) is 2.79. The van der Waals surface area contributed by atoms with Gasteiger partial charge < -0.3 is 14.6 Å². The van der Waals surface area contributed by atoms with Crippen molar-refractivity contribution in [1.82, 2.24) is 0 Å². The van der Waals surface area contributed by atoms with Crippen molar-refractivity contribution in [1.29, 1.82) is 0 Å². The van der Waals surface area contributed by atoms with E-state index in [1.807, 2.05) is 0 Å². The predicted octanol–water partition coefficient (Wildman–Crippen LogP) is 2.20. The average Bonchev–Trinajstić information content (AvgIpc) is 2.28. The molecule has 17 heavy (non-hydrogen) atoms. The van der Waals surface area contributed by atoms with Crippen molar-refractivity contribution in [3.8, 4) is 11.5 Å². The lowest BCUT2D eigenvalue weighted by Crippen LogP contribution is -2.19. The second-order valence-electron chi connectivity index (χ2n) is 4.61. The average molecular weight is 240 g/mol. The van der Waals surface area contributed by atoms with Gasteiger partial charge in [0.15, 0.2) is 11.5 Å². The van der Waals surface area contributed by atoms with Crippen LogP contribution in [-0.4, -0.2) is 24.9 Å². The Morgan fingerprint density at radius 3 is 2.65 bits per heavy atom. The Morgan fingerprint density at radius 2 is 2.00 bits per heavy atom. The van der Waals surface area contributed by atoms with Crippen LogP contribution < -0.4 is 9.47 Å². The molecule has 0 bridgehead atoms. The fraction of sp³-hybridized carbons (Fsp3) is 0.538. The Hall–Kier alpha value is -1.29. The lowest BCUT2D eigenvalue weighted by atomic mass is 9.96. The maximum Gasteiger partial charge on any atom is 0.164 e. The minimum Gasteiger partial charge on any atom is -0.486 e. The zero-order valence-corrected chi connectivity index (χ0v) is 10.1. The number of fused-ring (bicyclic) bond motifs is 1. The topological polar surface area (TPSA) is 38.7 Å². The molecule has 1 heterocycles. The summed E-state index contributed by atoms with van der Waals surface area (Å²) >= 11 is 0. The zero-order valence-electron chi connectivity index (χ0n) is 10.1. The molecule has 1 aliphatic heterocycles. The molecule has 4 heteroatoms. The molecule has 94 valence electrons. The highest BCUT2D eigenvalue weighted by Gasteiger charge is 2.24. The molecular weight excluding hydrogens is 223 g/mol. The van der Waals surface area contributed by atoms with E-state index in [-0.39, 0.29) is 6.61 Å². The van der Waals surface area contributed by atoms with E-state index in [9.17, 15) is 4.39 Å². The van der Waals surface area contributed by atoms with Crippen LogP contribution in [0.5, 0.6) is 11.5 Å². The molecule has 1 aromatic rings. The molecular formula is C13H17FO3. The summed E-state index contributed by atoms with van der Waals surface area (Å²) in [5.74, 6) is 1.21. The fourth-order valence-electron chi connectivity index (χ4n) is 1.88. The van der Waals surface area contributed by atoms with Crippen molar-refractivity contribution < 1.29 is 19.0 Å². The third kappa shape index (κ3) is 2.52. The van der Waals surface area contributed by atoms with Crippen LogP contribution in [0.2, 0.25) is 0 Å². The van der Waals surface area contributed by atoms with Gasteiger partial charge in [0.25, 0.3) is 0 Å². The molecule has 0 unspecified atom stereocenters. The monoisotopic (exact) mass is 240 g/mol. The lowest BCUT2D eigenvalue weighted by molar-refractivity contribution is 0.166. The van der Waals surface area contributed by atoms with Crippen molar-refractivity contribution in [2.45, 2.75) is 25.9 Å². The molecule has 0 radical (unpaired) electrons. The smallest absolute Gasteiger partial charge is 0.164 e. The number of aliphatic hydroxyl groups excluding tert-OH is 1. The number of alkyl halides is 1. The molecule has 0 amide bonds. The molecule has 0 spiro atoms. The summed E-state index contributed by atoms with van der Waals surface area (Å²) < 4.78 is 24.9. The van der Waals surface area contributed by atoms with E-state index in [0.717, 1.165) is 5.56 Å². The highest BCUT2D eigenvalue weighted by Crippen LogP contribution is 2.39. The highest BCUT2D eigenvalue weighted by atomic mass is 19.1. The second-order valence-corrected chi connectivity index (χ2v) is 4.61. The third-order valence-corrected chi connectivity index (χ3v) is 2.79. The van der Waals surface area contributed by atoms with Gasteiger partial charge in [-0.15, -0.1) is 0 Å². The summed E-state index contributed by atoms with van der Waals surface area (Å²) in [7, 11) is 0. The number of aliphatic hydroxyl groups is 1. The number of hydrogen-bond acceptors (Lipinski definition) is 3. The largest absolute Gasteiger partial charge is 0.486 e. The van der Waals surface area contributed by atoms with Gasteiger partial charge >= 0.3 is 0 Å². The minimum atomic E-state index is -1.43. The van der Waals surface area contributed by atoms with E-state index >= 15 is 0 Å². The molecule has 0 fully saturated rings. The molecule has 0 aromatic heterocycles. The predicted molar refractivity (Wildman–Crippen MR) is 62.4 cm³/mol. The summed E-state index contributed by atoms with van der Waals surface area (Å²) in [4.78, 5) is 0. The summed E-state index contributed by atoms with van der Waals surface area (Å²) in [5, 5.41) is 9.02. The molecule has 2 rings (SSSR count). The molecule has 0 aliphatic carbocycles. The molecule has 0 saturated carbocycles. The first-order valence-corrected chi connectivity index (χ1v) is 5.75. The SMILES string of the molecule is CC(C)(F)c1cc(CCO)c2c(c1)OCCO2. The van der Waals surface area contributed by atoms with Gasteiger partial charge in [0, 0.05) is 12.2 Å². The van der Waals surface area contributed by atoms with E-state index in [2.05, 4.69) is 0 Å². The minimum absolute atomic E-state index is 0.00592. The van der Waals surface area contributed by atoms with E-state index in [0.29, 0.717) is 36.7 Å². The molecule has 0 atom stereocenters. The van der Waals surface area contributed by atoms with Crippen LogP contribution in [0.15, 0.2) is 12.1 Å².